The number of hydrogen-bond donors (Lipinski definition) is 2. The van der Waals surface area contributed by atoms with E-state index in [4.69, 9.17) is 9.26 Å². The van der Waals surface area contributed by atoms with Gasteiger partial charge in [0.1, 0.15) is 0 Å². The van der Waals surface area contributed by atoms with Crippen LogP contribution in [0.1, 0.15) is 24.2 Å². The van der Waals surface area contributed by atoms with E-state index in [1.54, 1.807) is 13.0 Å². The lowest BCUT2D eigenvalue weighted by molar-refractivity contribution is 0.316. The number of hydrogen-bond acceptors (Lipinski definition) is 6. The Kier molecular flexibility index (Phi) is 4.35. The zero-order valence-corrected chi connectivity index (χ0v) is 11.0. The van der Waals surface area contributed by atoms with Gasteiger partial charge in [0, 0.05) is 19.0 Å². The van der Waals surface area contributed by atoms with Crippen LogP contribution in [0.3, 0.4) is 0 Å². The van der Waals surface area contributed by atoms with Crippen molar-refractivity contribution < 1.29 is 14.4 Å². The molecule has 0 saturated heterocycles. The Bertz CT molecular complexity index is 540. The first kappa shape index (κ1) is 13.4. The number of nitrogens with zero attached hydrogens (tertiary/aromatic N) is 2. The van der Waals surface area contributed by atoms with Crippen LogP contribution in [0.2, 0.25) is 0 Å². The molecule has 2 aromatic rings. The highest BCUT2D eigenvalue weighted by molar-refractivity contribution is 5.45. The molecule has 2 N–H and O–H groups in total. The second-order valence-corrected chi connectivity index (χ2v) is 4.03. The van der Waals surface area contributed by atoms with E-state index < -0.39 is 0 Å². The third kappa shape index (κ3) is 3.45. The Hall–Kier alpha value is -2.08. The van der Waals surface area contributed by atoms with Crippen LogP contribution in [0.15, 0.2) is 22.7 Å². The number of phenols is 1. The molecule has 6 heteroatoms. The maximum absolute atomic E-state index is 10.0. The number of para-hydroxylation sites is 1. The van der Waals surface area contributed by atoms with Gasteiger partial charge in [0.2, 0.25) is 5.89 Å². The molecular weight excluding hydrogens is 246 g/mol. The first-order chi connectivity index (χ1) is 9.20. The molecule has 0 unspecified atom stereocenters. The molecular formula is C13H17N3O3. The fourth-order valence-electron chi connectivity index (χ4n) is 1.70. The number of aromatic nitrogens is 2. The molecule has 19 heavy (non-hydrogen) atoms. The number of ether oxygens (including phenoxy) is 1. The molecule has 1 heterocycles. The lowest BCUT2D eigenvalue weighted by Crippen LogP contribution is -2.14. The van der Waals surface area contributed by atoms with Gasteiger partial charge in [0.05, 0.1) is 13.2 Å². The van der Waals surface area contributed by atoms with E-state index in [0.717, 1.165) is 5.56 Å². The molecule has 0 atom stereocenters. The van der Waals surface area contributed by atoms with Gasteiger partial charge in [-0.25, -0.2) is 0 Å². The Labute approximate surface area is 111 Å². The molecule has 0 spiro atoms. The maximum atomic E-state index is 10.0. The molecule has 1 aromatic heterocycles. The van der Waals surface area contributed by atoms with E-state index in [1.807, 2.05) is 19.1 Å². The minimum absolute atomic E-state index is 0.168. The Balaban J connectivity index is 1.94. The molecule has 0 fully saturated rings. The molecule has 0 bridgehead atoms. The van der Waals surface area contributed by atoms with Crippen molar-refractivity contribution in [2.75, 3.05) is 6.61 Å². The van der Waals surface area contributed by atoms with Crippen LogP contribution >= 0.6 is 0 Å². The van der Waals surface area contributed by atoms with Gasteiger partial charge in [0.25, 0.3) is 0 Å². The van der Waals surface area contributed by atoms with Crippen LogP contribution in [0.25, 0.3) is 0 Å². The predicted octanol–water partition coefficient (Wildman–Crippen LogP) is 1.77. The second-order valence-electron chi connectivity index (χ2n) is 4.03. The van der Waals surface area contributed by atoms with Gasteiger partial charge in [-0.05, 0) is 13.0 Å². The Morgan fingerprint density at radius 1 is 1.37 bits per heavy atom. The number of benzene rings is 1. The molecule has 0 radical (unpaired) electrons. The smallest absolute Gasteiger partial charge is 0.223 e. The van der Waals surface area contributed by atoms with Crippen molar-refractivity contribution >= 4 is 0 Å². The zero-order chi connectivity index (χ0) is 13.7. The molecule has 6 nitrogen and oxygen atoms in total. The summed E-state index contributed by atoms with van der Waals surface area (Å²) in [5.41, 5.74) is 0.770. The first-order valence-electron chi connectivity index (χ1n) is 6.14. The zero-order valence-electron chi connectivity index (χ0n) is 11.0. The van der Waals surface area contributed by atoms with E-state index in [9.17, 15) is 5.11 Å². The summed E-state index contributed by atoms with van der Waals surface area (Å²) in [5.74, 6) is 1.80. The van der Waals surface area contributed by atoms with Crippen LogP contribution in [0.4, 0.5) is 0 Å². The van der Waals surface area contributed by atoms with Gasteiger partial charge in [-0.2, -0.15) is 4.98 Å². The standard InChI is InChI=1S/C13H17N3O3/c1-3-18-11-6-4-5-10(13(11)17)7-14-8-12-15-9(2)19-16-12/h4-6,14,17H,3,7-8H2,1-2H3. The molecule has 0 aliphatic rings. The summed E-state index contributed by atoms with van der Waals surface area (Å²) in [6.07, 6.45) is 0. The summed E-state index contributed by atoms with van der Waals surface area (Å²) in [6, 6.07) is 5.43. The molecule has 0 amide bonds. The highest BCUT2D eigenvalue weighted by atomic mass is 16.5. The number of aryl methyl sites for hydroxylation is 1. The molecule has 2 rings (SSSR count). The Morgan fingerprint density at radius 2 is 2.21 bits per heavy atom. The van der Waals surface area contributed by atoms with Crippen molar-refractivity contribution in [1.82, 2.24) is 15.5 Å². The van der Waals surface area contributed by atoms with Crippen molar-refractivity contribution in [3.8, 4) is 11.5 Å². The van der Waals surface area contributed by atoms with E-state index in [0.29, 0.717) is 37.2 Å². The van der Waals surface area contributed by atoms with E-state index in [1.165, 1.54) is 0 Å². The fourth-order valence-corrected chi connectivity index (χ4v) is 1.70. The molecule has 102 valence electrons. The first-order valence-corrected chi connectivity index (χ1v) is 6.14. The SMILES string of the molecule is CCOc1cccc(CNCc2noc(C)n2)c1O. The summed E-state index contributed by atoms with van der Waals surface area (Å²) in [7, 11) is 0. The number of rotatable bonds is 6. The summed E-state index contributed by atoms with van der Waals surface area (Å²) in [5, 5.41) is 16.9. The van der Waals surface area contributed by atoms with Gasteiger partial charge >= 0.3 is 0 Å². The highest BCUT2D eigenvalue weighted by Crippen LogP contribution is 2.29. The Morgan fingerprint density at radius 3 is 2.89 bits per heavy atom. The molecule has 0 aliphatic carbocycles. The normalized spacial score (nSPS) is 10.6. The minimum Gasteiger partial charge on any atom is -0.504 e. The van der Waals surface area contributed by atoms with Crippen molar-refractivity contribution in [2.24, 2.45) is 0 Å². The van der Waals surface area contributed by atoms with Gasteiger partial charge in [-0.3, -0.25) is 0 Å². The van der Waals surface area contributed by atoms with Crippen molar-refractivity contribution in [3.63, 3.8) is 0 Å². The highest BCUT2D eigenvalue weighted by Gasteiger charge is 2.08. The number of phenolic OH excluding ortho intramolecular Hbond substituents is 1. The van der Waals surface area contributed by atoms with Crippen LogP contribution in [0, 0.1) is 6.92 Å². The minimum atomic E-state index is 0.168. The second kappa shape index (κ2) is 6.19. The molecule has 0 saturated carbocycles. The van der Waals surface area contributed by atoms with Crippen molar-refractivity contribution in [1.29, 1.82) is 0 Å². The monoisotopic (exact) mass is 263 g/mol. The third-order valence-corrected chi connectivity index (χ3v) is 2.55. The largest absolute Gasteiger partial charge is 0.504 e. The average molecular weight is 263 g/mol. The lowest BCUT2D eigenvalue weighted by Gasteiger charge is -2.10. The average Bonchev–Trinajstić information content (AvgIpc) is 2.80. The van der Waals surface area contributed by atoms with E-state index >= 15 is 0 Å². The van der Waals surface area contributed by atoms with Gasteiger partial charge in [0.15, 0.2) is 17.3 Å². The van der Waals surface area contributed by atoms with Gasteiger partial charge < -0.3 is 19.7 Å². The predicted molar refractivity (Wildman–Crippen MR) is 68.9 cm³/mol. The summed E-state index contributed by atoms with van der Waals surface area (Å²) in [4.78, 5) is 4.08. The van der Waals surface area contributed by atoms with Gasteiger partial charge in [-0.15, -0.1) is 0 Å². The van der Waals surface area contributed by atoms with Crippen molar-refractivity contribution in [2.45, 2.75) is 26.9 Å². The fraction of sp³-hybridized carbons (Fsp3) is 0.385. The topological polar surface area (TPSA) is 80.4 Å². The van der Waals surface area contributed by atoms with Crippen LogP contribution in [-0.2, 0) is 13.1 Å². The molecule has 1 aromatic carbocycles. The molecule has 0 aliphatic heterocycles. The van der Waals surface area contributed by atoms with Gasteiger partial charge in [-0.1, -0.05) is 17.3 Å². The lowest BCUT2D eigenvalue weighted by atomic mass is 10.2. The van der Waals surface area contributed by atoms with E-state index in [2.05, 4.69) is 15.5 Å². The quantitative estimate of drug-likeness (QED) is 0.826. The van der Waals surface area contributed by atoms with Crippen LogP contribution in [-0.4, -0.2) is 21.9 Å². The van der Waals surface area contributed by atoms with E-state index in [-0.39, 0.29) is 5.75 Å². The summed E-state index contributed by atoms with van der Waals surface area (Å²) in [6.45, 7) is 5.12. The summed E-state index contributed by atoms with van der Waals surface area (Å²) < 4.78 is 10.2. The number of nitrogens with one attached hydrogen (secondary N) is 1. The third-order valence-electron chi connectivity index (χ3n) is 2.55. The van der Waals surface area contributed by atoms with Crippen LogP contribution < -0.4 is 10.1 Å². The van der Waals surface area contributed by atoms with Crippen LogP contribution in [0.5, 0.6) is 11.5 Å². The number of aromatic hydroxyl groups is 1. The van der Waals surface area contributed by atoms with Crippen molar-refractivity contribution in [3.05, 3.63) is 35.5 Å². The summed E-state index contributed by atoms with van der Waals surface area (Å²) >= 11 is 0. The maximum Gasteiger partial charge on any atom is 0.223 e.